The molecule has 6 nitrogen and oxygen atoms in total. The fraction of sp³-hybridized carbons (Fsp3) is 0.391. The summed E-state index contributed by atoms with van der Waals surface area (Å²) in [5, 5.41) is 5.89. The Morgan fingerprint density at radius 3 is 2.53 bits per heavy atom. The second kappa shape index (κ2) is 10.9. The maximum atomic E-state index is 12.5. The number of amides is 2. The molecule has 7 heteroatoms. The molecule has 0 bridgehead atoms. The first kappa shape index (κ1) is 22.0. The lowest BCUT2D eigenvalue weighted by Gasteiger charge is -2.20. The van der Waals surface area contributed by atoms with Gasteiger partial charge >= 0.3 is 0 Å². The second-order valence-electron chi connectivity index (χ2n) is 7.26. The first-order valence-electron chi connectivity index (χ1n) is 10.1. The molecule has 0 aromatic heterocycles. The Kier molecular flexibility index (Phi) is 8.02. The number of hydrogen-bond acceptors (Lipinski definition) is 5. The maximum Gasteiger partial charge on any atom is 0.234 e. The zero-order chi connectivity index (χ0) is 21.3. The van der Waals surface area contributed by atoms with E-state index in [2.05, 4.69) is 10.6 Å². The molecule has 3 rings (SSSR count). The summed E-state index contributed by atoms with van der Waals surface area (Å²) in [5.74, 6) is 1.52. The van der Waals surface area contributed by atoms with Crippen molar-refractivity contribution in [2.24, 2.45) is 5.92 Å². The van der Waals surface area contributed by atoms with Crippen molar-refractivity contribution in [2.75, 3.05) is 30.6 Å². The zero-order valence-corrected chi connectivity index (χ0v) is 18.2. The number of nitrogens with one attached hydrogen (secondary N) is 2. The van der Waals surface area contributed by atoms with E-state index in [4.69, 9.17) is 9.47 Å². The molecule has 0 saturated heterocycles. The Labute approximate surface area is 181 Å². The number of methoxy groups -OCH3 is 2. The number of rotatable bonds is 8. The van der Waals surface area contributed by atoms with Crippen molar-refractivity contribution in [1.82, 2.24) is 0 Å². The van der Waals surface area contributed by atoms with Gasteiger partial charge in [0.1, 0.15) is 11.5 Å². The highest BCUT2D eigenvalue weighted by Gasteiger charge is 2.21. The van der Waals surface area contributed by atoms with Crippen LogP contribution >= 0.6 is 11.8 Å². The van der Waals surface area contributed by atoms with Crippen molar-refractivity contribution >= 4 is 35.0 Å². The summed E-state index contributed by atoms with van der Waals surface area (Å²) in [7, 11) is 3.13. The van der Waals surface area contributed by atoms with Crippen LogP contribution in [0.4, 0.5) is 11.4 Å². The highest BCUT2D eigenvalue weighted by molar-refractivity contribution is 8.00. The van der Waals surface area contributed by atoms with Crippen LogP contribution < -0.4 is 20.1 Å². The van der Waals surface area contributed by atoms with Crippen LogP contribution in [0, 0.1) is 5.92 Å². The van der Waals surface area contributed by atoms with Gasteiger partial charge in [-0.05, 0) is 43.2 Å². The van der Waals surface area contributed by atoms with Crippen molar-refractivity contribution < 1.29 is 19.1 Å². The Morgan fingerprint density at radius 2 is 1.80 bits per heavy atom. The number of anilines is 2. The zero-order valence-electron chi connectivity index (χ0n) is 17.4. The van der Waals surface area contributed by atoms with Crippen molar-refractivity contribution in [3.63, 3.8) is 0 Å². The van der Waals surface area contributed by atoms with E-state index < -0.39 is 0 Å². The number of thioether (sulfide) groups is 1. The summed E-state index contributed by atoms with van der Waals surface area (Å²) in [5.41, 5.74) is 1.37. The van der Waals surface area contributed by atoms with E-state index in [0.717, 1.165) is 36.3 Å². The van der Waals surface area contributed by atoms with Crippen LogP contribution in [0.3, 0.4) is 0 Å². The van der Waals surface area contributed by atoms with E-state index in [0.29, 0.717) is 17.2 Å². The summed E-state index contributed by atoms with van der Waals surface area (Å²) >= 11 is 1.42. The van der Waals surface area contributed by atoms with Gasteiger partial charge in [0, 0.05) is 22.6 Å². The minimum atomic E-state index is -0.139. The Bertz CT molecular complexity index is 881. The summed E-state index contributed by atoms with van der Waals surface area (Å²) in [6.07, 6.45) is 5.41. The normalized spacial score (nSPS) is 14.1. The fourth-order valence-corrected chi connectivity index (χ4v) is 4.26. The molecule has 1 saturated carbocycles. The van der Waals surface area contributed by atoms with Gasteiger partial charge in [-0.2, -0.15) is 0 Å². The third kappa shape index (κ3) is 6.16. The highest BCUT2D eigenvalue weighted by atomic mass is 32.2. The van der Waals surface area contributed by atoms with Gasteiger partial charge in [0.05, 0.1) is 25.7 Å². The average molecular weight is 429 g/mol. The molecule has 1 fully saturated rings. The van der Waals surface area contributed by atoms with Crippen LogP contribution in [0.1, 0.15) is 32.1 Å². The number of benzene rings is 2. The van der Waals surface area contributed by atoms with Gasteiger partial charge in [0.2, 0.25) is 11.8 Å². The molecule has 1 aliphatic rings. The van der Waals surface area contributed by atoms with E-state index in [1.54, 1.807) is 32.4 Å². The van der Waals surface area contributed by atoms with Crippen LogP contribution in [0.25, 0.3) is 0 Å². The summed E-state index contributed by atoms with van der Waals surface area (Å²) in [4.78, 5) is 25.8. The Hall–Kier alpha value is -2.67. The third-order valence-corrected chi connectivity index (χ3v) is 6.12. The quantitative estimate of drug-likeness (QED) is 0.582. The van der Waals surface area contributed by atoms with E-state index in [9.17, 15) is 9.59 Å². The van der Waals surface area contributed by atoms with Gasteiger partial charge in [0.15, 0.2) is 0 Å². The van der Waals surface area contributed by atoms with Crippen LogP contribution in [0.15, 0.2) is 47.4 Å². The number of carbonyl (C=O) groups is 2. The molecule has 0 atom stereocenters. The molecule has 2 amide bonds. The minimum absolute atomic E-state index is 0.0983. The van der Waals surface area contributed by atoms with Crippen molar-refractivity contribution in [2.45, 2.75) is 37.0 Å². The monoisotopic (exact) mass is 428 g/mol. The molecule has 0 aliphatic heterocycles. The van der Waals surface area contributed by atoms with Crippen LogP contribution in [-0.2, 0) is 9.59 Å². The van der Waals surface area contributed by atoms with Crippen molar-refractivity contribution in [3.05, 3.63) is 42.5 Å². The lowest BCUT2D eigenvalue weighted by molar-refractivity contribution is -0.120. The fourth-order valence-electron chi connectivity index (χ4n) is 3.51. The summed E-state index contributed by atoms with van der Waals surface area (Å²) in [6, 6.07) is 12.9. The lowest BCUT2D eigenvalue weighted by atomic mass is 9.88. The molecular weight excluding hydrogens is 400 g/mol. The second-order valence-corrected chi connectivity index (χ2v) is 8.30. The minimum Gasteiger partial charge on any atom is -0.497 e. The largest absolute Gasteiger partial charge is 0.497 e. The number of hydrogen-bond donors (Lipinski definition) is 2. The topological polar surface area (TPSA) is 76.7 Å². The molecule has 2 aromatic carbocycles. The van der Waals surface area contributed by atoms with Gasteiger partial charge in [-0.15, -0.1) is 11.8 Å². The predicted molar refractivity (Wildman–Crippen MR) is 121 cm³/mol. The Balaban J connectivity index is 1.53. The molecule has 2 aromatic rings. The molecule has 0 unspecified atom stereocenters. The summed E-state index contributed by atoms with van der Waals surface area (Å²) < 4.78 is 10.5. The van der Waals surface area contributed by atoms with Gasteiger partial charge in [-0.1, -0.05) is 25.3 Å². The van der Waals surface area contributed by atoms with E-state index in [1.807, 2.05) is 24.3 Å². The molecular formula is C23H28N2O4S. The molecule has 2 N–H and O–H groups in total. The maximum absolute atomic E-state index is 12.5. The standard InChI is InChI=1S/C23H28N2O4S/c1-28-18-11-12-20(21(14-18)29-2)25-22(26)15-30-19-10-6-9-17(13-19)24-23(27)16-7-4-3-5-8-16/h6,9-14,16H,3-5,7-8,15H2,1-2H3,(H,24,27)(H,25,26). The first-order chi connectivity index (χ1) is 14.6. The third-order valence-electron chi connectivity index (χ3n) is 5.13. The lowest BCUT2D eigenvalue weighted by Crippen LogP contribution is -2.24. The van der Waals surface area contributed by atoms with E-state index in [1.165, 1.54) is 18.2 Å². The van der Waals surface area contributed by atoms with Gasteiger partial charge in [-0.3, -0.25) is 9.59 Å². The van der Waals surface area contributed by atoms with Gasteiger partial charge < -0.3 is 20.1 Å². The average Bonchev–Trinajstić information content (AvgIpc) is 2.78. The smallest absolute Gasteiger partial charge is 0.234 e. The van der Waals surface area contributed by atoms with Gasteiger partial charge in [-0.25, -0.2) is 0 Å². The molecule has 0 radical (unpaired) electrons. The highest BCUT2D eigenvalue weighted by Crippen LogP contribution is 2.30. The number of ether oxygens (including phenoxy) is 2. The molecule has 0 heterocycles. The first-order valence-corrected chi connectivity index (χ1v) is 11.1. The summed E-state index contributed by atoms with van der Waals surface area (Å²) in [6.45, 7) is 0. The van der Waals surface area contributed by atoms with Crippen LogP contribution in [0.5, 0.6) is 11.5 Å². The molecule has 1 aliphatic carbocycles. The molecule has 160 valence electrons. The molecule has 0 spiro atoms. The van der Waals surface area contributed by atoms with E-state index >= 15 is 0 Å². The van der Waals surface area contributed by atoms with Crippen molar-refractivity contribution in [3.8, 4) is 11.5 Å². The van der Waals surface area contributed by atoms with E-state index in [-0.39, 0.29) is 23.5 Å². The Morgan fingerprint density at radius 1 is 1.00 bits per heavy atom. The number of carbonyl (C=O) groups excluding carboxylic acids is 2. The van der Waals surface area contributed by atoms with Gasteiger partial charge in [0.25, 0.3) is 0 Å². The molecule has 30 heavy (non-hydrogen) atoms. The van der Waals surface area contributed by atoms with Crippen LogP contribution in [-0.4, -0.2) is 31.8 Å². The SMILES string of the molecule is COc1ccc(NC(=O)CSc2cccc(NC(=O)C3CCCCC3)c2)c(OC)c1. The predicted octanol–water partition coefficient (Wildman–Crippen LogP) is 4.95. The van der Waals surface area contributed by atoms with Crippen molar-refractivity contribution in [1.29, 1.82) is 0 Å². The van der Waals surface area contributed by atoms with Crippen LogP contribution in [0.2, 0.25) is 0 Å².